The lowest BCUT2D eigenvalue weighted by molar-refractivity contribution is -0.145. The van der Waals surface area contributed by atoms with Gasteiger partial charge in [0.25, 0.3) is 0 Å². The van der Waals surface area contributed by atoms with Gasteiger partial charge in [-0.25, -0.2) is 4.79 Å². The molecular weight excluding hydrogens is 224 g/mol. The Balaban J connectivity index is 2.53. The van der Waals surface area contributed by atoms with Gasteiger partial charge in [-0.05, 0) is 26.3 Å². The van der Waals surface area contributed by atoms with Gasteiger partial charge in [0.2, 0.25) is 5.91 Å². The normalized spacial score (nSPS) is 24.5. The molecule has 6 heteroatoms. The van der Waals surface area contributed by atoms with E-state index in [2.05, 4.69) is 10.6 Å². The van der Waals surface area contributed by atoms with Crippen molar-refractivity contribution < 1.29 is 19.8 Å². The summed E-state index contributed by atoms with van der Waals surface area (Å²) in [6.45, 7) is 2.12. The van der Waals surface area contributed by atoms with Gasteiger partial charge >= 0.3 is 5.97 Å². The van der Waals surface area contributed by atoms with E-state index in [1.54, 1.807) is 0 Å². The third kappa shape index (κ3) is 4.32. The number of nitrogens with one attached hydrogen (secondary N) is 2. The molecule has 1 aliphatic rings. The van der Waals surface area contributed by atoms with Gasteiger partial charge in [0.15, 0.2) is 6.04 Å². The first-order valence-corrected chi connectivity index (χ1v) is 5.97. The number of aliphatic hydroxyl groups is 1. The zero-order valence-corrected chi connectivity index (χ0v) is 9.98. The van der Waals surface area contributed by atoms with Crippen molar-refractivity contribution in [3.8, 4) is 0 Å². The molecule has 0 radical (unpaired) electrons. The number of rotatable bonds is 4. The number of carboxylic acid groups (broad SMARTS) is 1. The second kappa shape index (κ2) is 6.56. The van der Waals surface area contributed by atoms with Gasteiger partial charge in [-0.15, -0.1) is 0 Å². The van der Waals surface area contributed by atoms with Gasteiger partial charge in [0.1, 0.15) is 0 Å². The number of aliphatic hydroxyl groups excluding tert-OH is 1. The average Bonchev–Trinajstić information content (AvgIpc) is 2.52. The molecule has 0 spiro atoms. The summed E-state index contributed by atoms with van der Waals surface area (Å²) < 4.78 is 0. The Labute approximate surface area is 100 Å². The van der Waals surface area contributed by atoms with Crippen molar-refractivity contribution in [2.75, 3.05) is 6.54 Å². The number of aliphatic carboxylic acids is 1. The maximum absolute atomic E-state index is 11.8. The number of hydrogen-bond acceptors (Lipinski definition) is 4. The lowest BCUT2D eigenvalue weighted by Gasteiger charge is -2.21. The molecule has 0 aromatic carbocycles. The van der Waals surface area contributed by atoms with Crippen molar-refractivity contribution in [1.82, 2.24) is 10.6 Å². The molecule has 4 N–H and O–H groups in total. The highest BCUT2D eigenvalue weighted by atomic mass is 16.4. The van der Waals surface area contributed by atoms with E-state index in [4.69, 9.17) is 5.11 Å². The highest BCUT2D eigenvalue weighted by Crippen LogP contribution is 2.08. The molecule has 1 fully saturated rings. The molecule has 3 unspecified atom stereocenters. The molecule has 0 bridgehead atoms. The zero-order valence-electron chi connectivity index (χ0n) is 9.98. The van der Waals surface area contributed by atoms with Crippen LogP contribution in [-0.4, -0.2) is 46.8 Å². The van der Waals surface area contributed by atoms with Crippen molar-refractivity contribution >= 4 is 11.9 Å². The Bertz CT molecular complexity index is 273. The lowest BCUT2D eigenvalue weighted by Crippen LogP contribution is -2.53. The van der Waals surface area contributed by atoms with Crippen molar-refractivity contribution in [1.29, 1.82) is 0 Å². The first-order chi connectivity index (χ1) is 8.02. The van der Waals surface area contributed by atoms with Gasteiger partial charge in [-0.1, -0.05) is 12.8 Å². The molecule has 1 rings (SSSR count). The summed E-state index contributed by atoms with van der Waals surface area (Å²) in [5.74, 6) is -1.57. The van der Waals surface area contributed by atoms with E-state index >= 15 is 0 Å². The Hall–Kier alpha value is -1.14. The maximum atomic E-state index is 11.8. The predicted octanol–water partition coefficient (Wildman–Crippen LogP) is -0.531. The second-order valence-electron chi connectivity index (χ2n) is 4.42. The topological polar surface area (TPSA) is 98.7 Å². The van der Waals surface area contributed by atoms with Crippen molar-refractivity contribution in [3.63, 3.8) is 0 Å². The monoisotopic (exact) mass is 244 g/mol. The fourth-order valence-corrected chi connectivity index (χ4v) is 1.89. The van der Waals surface area contributed by atoms with E-state index < -0.39 is 18.1 Å². The molecule has 0 aromatic heterocycles. The summed E-state index contributed by atoms with van der Waals surface area (Å²) in [6.07, 6.45) is 2.66. The molecule has 1 amide bonds. The highest BCUT2D eigenvalue weighted by Gasteiger charge is 2.28. The van der Waals surface area contributed by atoms with E-state index in [1.807, 2.05) is 0 Å². The fraction of sp³-hybridized carbons (Fsp3) is 0.818. The molecule has 0 aliphatic carbocycles. The number of hydrogen-bond donors (Lipinski definition) is 4. The Morgan fingerprint density at radius 2 is 2.06 bits per heavy atom. The molecular formula is C11H20N2O4. The van der Waals surface area contributed by atoms with Gasteiger partial charge in [-0.2, -0.15) is 0 Å². The van der Waals surface area contributed by atoms with Gasteiger partial charge in [0.05, 0.1) is 12.1 Å². The predicted molar refractivity (Wildman–Crippen MR) is 61.5 cm³/mol. The summed E-state index contributed by atoms with van der Waals surface area (Å²) in [4.78, 5) is 22.7. The van der Waals surface area contributed by atoms with Crippen molar-refractivity contribution in [3.05, 3.63) is 0 Å². The van der Waals surface area contributed by atoms with Crippen LogP contribution < -0.4 is 10.6 Å². The molecule has 0 saturated carbocycles. The maximum Gasteiger partial charge on any atom is 0.328 e. The first-order valence-electron chi connectivity index (χ1n) is 5.97. The largest absolute Gasteiger partial charge is 0.480 e. The molecule has 98 valence electrons. The summed E-state index contributed by atoms with van der Waals surface area (Å²) >= 11 is 0. The van der Waals surface area contributed by atoms with Gasteiger partial charge in [0, 0.05) is 0 Å². The van der Waals surface area contributed by atoms with E-state index in [1.165, 1.54) is 6.92 Å². The molecule has 17 heavy (non-hydrogen) atoms. The standard InChI is InChI=1S/C11H20N2O4/c1-7(14)9(11(16)17)13-10(15)8-5-3-2-4-6-12-8/h7-9,12,14H,2-6H2,1H3,(H,13,15)(H,16,17). The molecule has 3 atom stereocenters. The van der Waals surface area contributed by atoms with Crippen LogP contribution in [0.5, 0.6) is 0 Å². The van der Waals surface area contributed by atoms with Crippen LogP contribution in [0.1, 0.15) is 32.6 Å². The van der Waals surface area contributed by atoms with Crippen LogP contribution in [-0.2, 0) is 9.59 Å². The average molecular weight is 244 g/mol. The quantitative estimate of drug-likeness (QED) is 0.533. The molecule has 6 nitrogen and oxygen atoms in total. The summed E-state index contributed by atoms with van der Waals surface area (Å²) in [5.41, 5.74) is 0. The first kappa shape index (κ1) is 13.9. The number of carboxylic acids is 1. The SMILES string of the molecule is CC(O)C(NC(=O)C1CCCCCN1)C(=O)O. The highest BCUT2D eigenvalue weighted by molar-refractivity contribution is 5.87. The smallest absolute Gasteiger partial charge is 0.328 e. The molecule has 0 aromatic rings. The Morgan fingerprint density at radius 1 is 1.35 bits per heavy atom. The van der Waals surface area contributed by atoms with Crippen LogP contribution in [0.15, 0.2) is 0 Å². The van der Waals surface area contributed by atoms with E-state index in [-0.39, 0.29) is 11.9 Å². The van der Waals surface area contributed by atoms with Gasteiger partial charge < -0.3 is 20.8 Å². The van der Waals surface area contributed by atoms with Crippen molar-refractivity contribution in [2.24, 2.45) is 0 Å². The van der Waals surface area contributed by atoms with Crippen LogP contribution >= 0.6 is 0 Å². The summed E-state index contributed by atoms with van der Waals surface area (Å²) in [7, 11) is 0. The summed E-state index contributed by atoms with van der Waals surface area (Å²) in [6, 6.07) is -1.59. The van der Waals surface area contributed by atoms with E-state index in [9.17, 15) is 14.7 Å². The van der Waals surface area contributed by atoms with Crippen LogP contribution in [0, 0.1) is 0 Å². The number of carbonyl (C=O) groups excluding carboxylic acids is 1. The minimum absolute atomic E-state index is 0.347. The molecule has 1 aliphatic heterocycles. The lowest BCUT2D eigenvalue weighted by atomic mass is 10.1. The van der Waals surface area contributed by atoms with Gasteiger partial charge in [-0.3, -0.25) is 4.79 Å². The number of carbonyl (C=O) groups is 2. The van der Waals surface area contributed by atoms with Crippen LogP contribution in [0.4, 0.5) is 0 Å². The van der Waals surface area contributed by atoms with Crippen LogP contribution in [0.3, 0.4) is 0 Å². The minimum Gasteiger partial charge on any atom is -0.480 e. The van der Waals surface area contributed by atoms with E-state index in [0.717, 1.165) is 25.8 Å². The minimum atomic E-state index is -1.24. The van der Waals surface area contributed by atoms with Crippen LogP contribution in [0.25, 0.3) is 0 Å². The second-order valence-corrected chi connectivity index (χ2v) is 4.42. The van der Waals surface area contributed by atoms with Crippen LogP contribution in [0.2, 0.25) is 0 Å². The van der Waals surface area contributed by atoms with Crippen molar-refractivity contribution in [2.45, 2.75) is 50.8 Å². The Kier molecular flexibility index (Phi) is 5.37. The Morgan fingerprint density at radius 3 is 2.65 bits per heavy atom. The molecule has 1 saturated heterocycles. The zero-order chi connectivity index (χ0) is 12.8. The van der Waals surface area contributed by atoms with E-state index in [0.29, 0.717) is 6.42 Å². The third-order valence-electron chi connectivity index (χ3n) is 2.92. The summed E-state index contributed by atoms with van der Waals surface area (Å²) in [5, 5.41) is 23.6. The fourth-order valence-electron chi connectivity index (χ4n) is 1.89. The molecule has 1 heterocycles. The third-order valence-corrected chi connectivity index (χ3v) is 2.92. The number of amides is 1.